The lowest BCUT2D eigenvalue weighted by atomic mass is 10.0. The van der Waals surface area contributed by atoms with Gasteiger partial charge in [-0.05, 0) is 24.3 Å². The highest BCUT2D eigenvalue weighted by atomic mass is 35.5. The van der Waals surface area contributed by atoms with Crippen LogP contribution in [0.15, 0.2) is 36.4 Å². The molecule has 0 saturated carbocycles. The van der Waals surface area contributed by atoms with Crippen molar-refractivity contribution in [2.24, 2.45) is 0 Å². The molecule has 4 rings (SSSR count). The molecular weight excluding hydrogens is 379 g/mol. The third kappa shape index (κ3) is 3.08. The first-order valence-corrected chi connectivity index (χ1v) is 8.58. The summed E-state index contributed by atoms with van der Waals surface area (Å²) in [5, 5.41) is 7.82. The van der Waals surface area contributed by atoms with Crippen LogP contribution in [-0.4, -0.2) is 27.5 Å². The highest BCUT2D eigenvalue weighted by Gasteiger charge is 2.29. The van der Waals surface area contributed by atoms with E-state index in [-0.39, 0.29) is 6.54 Å². The van der Waals surface area contributed by atoms with Crippen LogP contribution in [0.3, 0.4) is 0 Å². The molecule has 2 aromatic carbocycles. The van der Waals surface area contributed by atoms with Crippen LogP contribution in [0.4, 0.5) is 13.2 Å². The van der Waals surface area contributed by atoms with Gasteiger partial charge in [-0.2, -0.15) is 5.10 Å². The number of rotatable bonds is 2. The number of H-pyrrole nitrogens is 1. The Morgan fingerprint density at radius 2 is 1.96 bits per heavy atom. The van der Waals surface area contributed by atoms with Crippen LogP contribution in [0.2, 0.25) is 5.02 Å². The molecule has 8 heteroatoms. The van der Waals surface area contributed by atoms with Gasteiger partial charge in [-0.15, -0.1) is 0 Å². The molecule has 1 amide bonds. The molecule has 0 radical (unpaired) electrons. The van der Waals surface area contributed by atoms with E-state index in [0.717, 1.165) is 29.0 Å². The molecule has 0 atom stereocenters. The molecule has 0 fully saturated rings. The first kappa shape index (κ1) is 17.6. The standard InChI is InChI=1S/C19H13ClF3N3O/c20-11-3-1-2-10(8-11)18-13-9-26(7-6-15(13)24-25-18)19(27)12-4-5-14(21)17(23)16(12)22/h1-5,8H,6-7,9H2,(H,24,25). The Balaban J connectivity index is 1.66. The van der Waals surface area contributed by atoms with Gasteiger partial charge < -0.3 is 4.90 Å². The third-order valence-corrected chi connectivity index (χ3v) is 4.82. The highest BCUT2D eigenvalue weighted by molar-refractivity contribution is 6.30. The summed E-state index contributed by atoms with van der Waals surface area (Å²) < 4.78 is 40.6. The van der Waals surface area contributed by atoms with Gasteiger partial charge >= 0.3 is 0 Å². The number of aromatic nitrogens is 2. The summed E-state index contributed by atoms with van der Waals surface area (Å²) in [4.78, 5) is 14.1. The fraction of sp³-hybridized carbons (Fsp3) is 0.158. The highest BCUT2D eigenvalue weighted by Crippen LogP contribution is 2.30. The molecule has 3 aromatic rings. The summed E-state index contributed by atoms with van der Waals surface area (Å²) in [6, 6.07) is 8.84. The average molecular weight is 392 g/mol. The number of benzene rings is 2. The average Bonchev–Trinajstić information content (AvgIpc) is 3.09. The Hall–Kier alpha value is -2.80. The van der Waals surface area contributed by atoms with Gasteiger partial charge in [0.1, 0.15) is 0 Å². The Bertz CT molecular complexity index is 1050. The molecule has 0 saturated heterocycles. The van der Waals surface area contributed by atoms with E-state index >= 15 is 0 Å². The maximum absolute atomic E-state index is 14.0. The Morgan fingerprint density at radius 3 is 2.74 bits per heavy atom. The molecule has 0 aliphatic carbocycles. The SMILES string of the molecule is O=C(c1ccc(F)c(F)c1F)N1CCc2[nH]nc(-c3cccc(Cl)c3)c2C1. The molecule has 2 heterocycles. The van der Waals surface area contributed by atoms with Crippen LogP contribution >= 0.6 is 11.6 Å². The van der Waals surface area contributed by atoms with Crippen molar-refractivity contribution in [2.45, 2.75) is 13.0 Å². The molecule has 1 aliphatic rings. The fourth-order valence-corrected chi connectivity index (χ4v) is 3.39. The van der Waals surface area contributed by atoms with Gasteiger partial charge in [0.05, 0.1) is 11.3 Å². The van der Waals surface area contributed by atoms with E-state index in [1.54, 1.807) is 18.2 Å². The fourth-order valence-electron chi connectivity index (χ4n) is 3.20. The summed E-state index contributed by atoms with van der Waals surface area (Å²) in [6.45, 7) is 0.479. The van der Waals surface area contributed by atoms with Crippen LogP contribution < -0.4 is 0 Å². The van der Waals surface area contributed by atoms with Gasteiger partial charge in [0.15, 0.2) is 17.5 Å². The predicted octanol–water partition coefficient (Wildman–Crippen LogP) is 4.35. The van der Waals surface area contributed by atoms with Crippen molar-refractivity contribution in [1.29, 1.82) is 0 Å². The zero-order valence-corrected chi connectivity index (χ0v) is 14.7. The topological polar surface area (TPSA) is 49.0 Å². The van der Waals surface area contributed by atoms with Gasteiger partial charge in [0, 0.05) is 41.4 Å². The summed E-state index contributed by atoms with van der Waals surface area (Å²) in [5.74, 6) is -5.16. The number of aromatic amines is 1. The van der Waals surface area contributed by atoms with E-state index in [1.165, 1.54) is 4.90 Å². The van der Waals surface area contributed by atoms with Gasteiger partial charge in [0.25, 0.3) is 5.91 Å². The number of amides is 1. The van der Waals surface area contributed by atoms with Crippen LogP contribution in [0, 0.1) is 17.5 Å². The van der Waals surface area contributed by atoms with Crippen molar-refractivity contribution in [3.63, 3.8) is 0 Å². The monoisotopic (exact) mass is 391 g/mol. The lowest BCUT2D eigenvalue weighted by molar-refractivity contribution is 0.0728. The normalized spacial score (nSPS) is 13.6. The molecule has 0 unspecified atom stereocenters. The zero-order valence-electron chi connectivity index (χ0n) is 13.9. The number of fused-ring (bicyclic) bond motifs is 1. The van der Waals surface area contributed by atoms with Crippen LogP contribution in [0.5, 0.6) is 0 Å². The number of carbonyl (C=O) groups is 1. The molecule has 138 valence electrons. The zero-order chi connectivity index (χ0) is 19.1. The molecule has 27 heavy (non-hydrogen) atoms. The Kier molecular flexibility index (Phi) is 4.39. The first-order valence-electron chi connectivity index (χ1n) is 8.20. The number of carbonyl (C=O) groups excluding carboxylic acids is 1. The smallest absolute Gasteiger partial charge is 0.257 e. The number of nitrogens with zero attached hydrogens (tertiary/aromatic N) is 2. The minimum absolute atomic E-state index is 0.172. The summed E-state index contributed by atoms with van der Waals surface area (Å²) in [6.07, 6.45) is 0.486. The molecule has 1 aliphatic heterocycles. The van der Waals surface area contributed by atoms with Crippen molar-refractivity contribution < 1.29 is 18.0 Å². The number of halogens is 4. The molecular formula is C19H13ClF3N3O. The molecule has 0 spiro atoms. The van der Waals surface area contributed by atoms with Crippen LogP contribution in [0.1, 0.15) is 21.6 Å². The second kappa shape index (κ2) is 6.74. The lowest BCUT2D eigenvalue weighted by Crippen LogP contribution is -2.36. The van der Waals surface area contributed by atoms with Crippen LogP contribution in [0.25, 0.3) is 11.3 Å². The largest absolute Gasteiger partial charge is 0.334 e. The van der Waals surface area contributed by atoms with Gasteiger partial charge in [-0.3, -0.25) is 9.89 Å². The van der Waals surface area contributed by atoms with E-state index in [2.05, 4.69) is 10.2 Å². The van der Waals surface area contributed by atoms with E-state index in [9.17, 15) is 18.0 Å². The second-order valence-corrected chi connectivity index (χ2v) is 6.68. The Labute approximate surface area is 157 Å². The van der Waals surface area contributed by atoms with E-state index in [1.807, 2.05) is 6.07 Å². The van der Waals surface area contributed by atoms with Crippen molar-refractivity contribution in [3.05, 3.63) is 75.7 Å². The maximum atomic E-state index is 14.0. The quantitative estimate of drug-likeness (QED) is 0.660. The summed E-state index contributed by atoms with van der Waals surface area (Å²) in [7, 11) is 0. The van der Waals surface area contributed by atoms with Crippen molar-refractivity contribution in [1.82, 2.24) is 15.1 Å². The molecule has 4 nitrogen and oxygen atoms in total. The van der Waals surface area contributed by atoms with Gasteiger partial charge in [-0.1, -0.05) is 23.7 Å². The van der Waals surface area contributed by atoms with Crippen molar-refractivity contribution in [2.75, 3.05) is 6.54 Å². The minimum Gasteiger partial charge on any atom is -0.334 e. The summed E-state index contributed by atoms with van der Waals surface area (Å²) >= 11 is 6.04. The first-order chi connectivity index (χ1) is 13.0. The third-order valence-electron chi connectivity index (χ3n) is 4.58. The molecule has 1 aromatic heterocycles. The van der Waals surface area contributed by atoms with E-state index in [0.29, 0.717) is 23.7 Å². The number of nitrogens with one attached hydrogen (secondary N) is 1. The Morgan fingerprint density at radius 1 is 1.15 bits per heavy atom. The van der Waals surface area contributed by atoms with E-state index < -0.39 is 28.9 Å². The molecule has 0 bridgehead atoms. The van der Waals surface area contributed by atoms with Crippen LogP contribution in [-0.2, 0) is 13.0 Å². The second-order valence-electron chi connectivity index (χ2n) is 6.24. The van der Waals surface area contributed by atoms with Gasteiger partial charge in [-0.25, -0.2) is 13.2 Å². The van der Waals surface area contributed by atoms with Crippen molar-refractivity contribution in [3.8, 4) is 11.3 Å². The van der Waals surface area contributed by atoms with Crippen molar-refractivity contribution >= 4 is 17.5 Å². The molecule has 1 N–H and O–H groups in total. The summed E-state index contributed by atoms with van der Waals surface area (Å²) in [5.41, 5.74) is 2.61. The van der Waals surface area contributed by atoms with E-state index in [4.69, 9.17) is 11.6 Å². The maximum Gasteiger partial charge on any atom is 0.257 e. The number of hydrogen-bond acceptors (Lipinski definition) is 2. The lowest BCUT2D eigenvalue weighted by Gasteiger charge is -2.27. The predicted molar refractivity (Wildman–Crippen MR) is 93.8 cm³/mol. The number of hydrogen-bond donors (Lipinski definition) is 1. The van der Waals surface area contributed by atoms with Gasteiger partial charge in [0.2, 0.25) is 0 Å². The minimum atomic E-state index is -1.65.